The van der Waals surface area contributed by atoms with E-state index < -0.39 is 90.7 Å². The number of aromatic nitrogens is 1. The first-order chi connectivity index (χ1) is 26.2. The number of fused-ring (bicyclic) bond motifs is 2. The summed E-state index contributed by atoms with van der Waals surface area (Å²) >= 11 is 2.61. The number of carbonyl (C=O) groups excluding carboxylic acids is 8. The smallest absolute Gasteiger partial charge is 0.325 e. The van der Waals surface area contributed by atoms with Crippen LogP contribution in [-0.2, 0) is 35.2 Å². The fourth-order valence-corrected chi connectivity index (χ4v) is 7.45. The van der Waals surface area contributed by atoms with Crippen LogP contribution in [0.3, 0.4) is 0 Å². The van der Waals surface area contributed by atoms with Crippen LogP contribution in [0, 0.1) is 5.92 Å². The summed E-state index contributed by atoms with van der Waals surface area (Å²) < 4.78 is 0. The minimum absolute atomic E-state index is 0.0236. The largest absolute Gasteiger partial charge is 0.349 e. The van der Waals surface area contributed by atoms with Gasteiger partial charge in [0.15, 0.2) is 0 Å². The van der Waals surface area contributed by atoms with Crippen molar-refractivity contribution in [1.82, 2.24) is 46.7 Å². The molecule has 1 saturated heterocycles. The van der Waals surface area contributed by atoms with Gasteiger partial charge in [0, 0.05) is 11.9 Å². The van der Waals surface area contributed by atoms with Gasteiger partial charge in [-0.05, 0) is 49.7 Å². The van der Waals surface area contributed by atoms with Crippen LogP contribution in [0.25, 0.3) is 0 Å². The van der Waals surface area contributed by atoms with E-state index in [1.54, 1.807) is 6.92 Å². The molecule has 2 aromatic rings. The summed E-state index contributed by atoms with van der Waals surface area (Å²) in [4.78, 5) is 113. The van der Waals surface area contributed by atoms with Gasteiger partial charge in [-0.1, -0.05) is 51.1 Å². The minimum Gasteiger partial charge on any atom is -0.349 e. The molecular formula is C36H49N9O8S2. The van der Waals surface area contributed by atoms with Crippen LogP contribution in [0.2, 0.25) is 0 Å². The van der Waals surface area contributed by atoms with Gasteiger partial charge in [-0.15, -0.1) is 11.3 Å². The van der Waals surface area contributed by atoms with Gasteiger partial charge in [0.2, 0.25) is 35.4 Å². The molecule has 0 spiro atoms. The quantitative estimate of drug-likeness (QED) is 0.191. The molecule has 9 amide bonds. The first kappa shape index (κ1) is 42.7. The Morgan fingerprint density at radius 1 is 0.909 bits per heavy atom. The molecule has 0 unspecified atom stereocenters. The molecule has 2 aliphatic heterocycles. The van der Waals surface area contributed by atoms with Gasteiger partial charge in [0.1, 0.15) is 41.9 Å². The van der Waals surface area contributed by atoms with Gasteiger partial charge in [0.25, 0.3) is 5.91 Å². The third kappa shape index (κ3) is 12.2. The van der Waals surface area contributed by atoms with E-state index >= 15 is 0 Å². The molecule has 2 aliphatic rings. The van der Waals surface area contributed by atoms with E-state index in [0.29, 0.717) is 10.8 Å². The SMILES string of the molecule is CC[C@@H]1NC(=O)[C@@H](C)NC(=O)c2csc(n2)[C@H](C(C)C)NC(=O)CN(C(=O)CN2CC(=O)NC2=O)C[C@H](Cc2ccccc2)NC(=O)[C@H](CCSC)NC1=O. The molecule has 0 saturated carbocycles. The maximum Gasteiger partial charge on any atom is 0.325 e. The lowest BCUT2D eigenvalue weighted by Crippen LogP contribution is -2.58. The topological polar surface area (TPSA) is 228 Å². The number of nitrogens with one attached hydrogen (secondary N) is 6. The minimum atomic E-state index is -1.04. The predicted molar refractivity (Wildman–Crippen MR) is 206 cm³/mol. The maximum absolute atomic E-state index is 14.0. The second kappa shape index (κ2) is 20.0. The van der Waals surface area contributed by atoms with Crippen LogP contribution in [0.1, 0.15) is 67.6 Å². The average Bonchev–Trinajstić information content (AvgIpc) is 3.76. The van der Waals surface area contributed by atoms with Crippen LogP contribution in [-0.4, -0.2) is 125 Å². The number of nitrogens with zero attached hydrogens (tertiary/aromatic N) is 3. The highest BCUT2D eigenvalue weighted by Crippen LogP contribution is 2.25. The molecule has 0 radical (unpaired) electrons. The van der Waals surface area contributed by atoms with Gasteiger partial charge >= 0.3 is 6.03 Å². The molecule has 1 aromatic heterocycles. The van der Waals surface area contributed by atoms with Crippen molar-refractivity contribution >= 4 is 70.5 Å². The van der Waals surface area contributed by atoms with E-state index in [0.717, 1.165) is 21.8 Å². The van der Waals surface area contributed by atoms with Crippen molar-refractivity contribution in [2.24, 2.45) is 5.92 Å². The molecule has 1 fully saturated rings. The van der Waals surface area contributed by atoms with E-state index in [9.17, 15) is 38.4 Å². The molecule has 5 atom stereocenters. The number of thiazole rings is 1. The van der Waals surface area contributed by atoms with Crippen molar-refractivity contribution in [3.63, 3.8) is 0 Å². The highest BCUT2D eigenvalue weighted by molar-refractivity contribution is 7.98. The number of hydrogen-bond donors (Lipinski definition) is 6. The molecule has 3 heterocycles. The number of imide groups is 1. The summed E-state index contributed by atoms with van der Waals surface area (Å²) in [5.41, 5.74) is 0.838. The van der Waals surface area contributed by atoms with E-state index in [4.69, 9.17) is 0 Å². The zero-order chi connectivity index (χ0) is 40.2. The molecule has 0 aliphatic carbocycles. The van der Waals surface area contributed by atoms with Gasteiger partial charge in [-0.25, -0.2) is 9.78 Å². The molecule has 6 N–H and O–H groups in total. The number of rotatable bonds is 9. The Bertz CT molecular complexity index is 1740. The Labute approximate surface area is 327 Å². The fourth-order valence-electron chi connectivity index (χ4n) is 5.96. The van der Waals surface area contributed by atoms with Crippen LogP contribution < -0.4 is 31.9 Å². The third-order valence-corrected chi connectivity index (χ3v) is 10.6. The van der Waals surface area contributed by atoms with Crippen molar-refractivity contribution in [2.75, 3.05) is 38.2 Å². The first-order valence-electron chi connectivity index (χ1n) is 18.0. The highest BCUT2D eigenvalue weighted by Gasteiger charge is 2.34. The lowest BCUT2D eigenvalue weighted by atomic mass is 10.0. The molecule has 55 heavy (non-hydrogen) atoms. The summed E-state index contributed by atoms with van der Waals surface area (Å²) in [6.07, 6.45) is 2.52. The normalized spacial score (nSPS) is 23.6. The molecule has 17 nitrogen and oxygen atoms in total. The average molecular weight is 800 g/mol. The lowest BCUT2D eigenvalue weighted by Gasteiger charge is -2.31. The maximum atomic E-state index is 14.0. The van der Waals surface area contributed by atoms with E-state index in [2.05, 4.69) is 36.9 Å². The van der Waals surface area contributed by atoms with Gasteiger partial charge in [0.05, 0.1) is 18.6 Å². The van der Waals surface area contributed by atoms with E-state index in [-0.39, 0.29) is 44.0 Å². The molecule has 4 rings (SSSR count). The Kier molecular flexibility index (Phi) is 15.6. The van der Waals surface area contributed by atoms with Gasteiger partial charge in [-0.2, -0.15) is 11.8 Å². The zero-order valence-corrected chi connectivity index (χ0v) is 33.1. The van der Waals surface area contributed by atoms with Crippen LogP contribution in [0.15, 0.2) is 35.7 Å². The third-order valence-electron chi connectivity index (χ3n) is 9.02. The Morgan fingerprint density at radius 3 is 2.24 bits per heavy atom. The van der Waals surface area contributed by atoms with Crippen molar-refractivity contribution in [2.45, 2.75) is 77.2 Å². The molecule has 2 bridgehead atoms. The van der Waals surface area contributed by atoms with Crippen molar-refractivity contribution in [3.05, 3.63) is 52.0 Å². The van der Waals surface area contributed by atoms with E-state index in [1.165, 1.54) is 29.0 Å². The Balaban J connectivity index is 1.74. The summed E-state index contributed by atoms with van der Waals surface area (Å²) in [6.45, 7) is 5.37. The van der Waals surface area contributed by atoms with Crippen LogP contribution in [0.5, 0.6) is 0 Å². The number of amides is 9. The fraction of sp³-hybridized carbons (Fsp3) is 0.528. The monoisotopic (exact) mass is 799 g/mol. The second-order valence-electron chi connectivity index (χ2n) is 13.7. The lowest BCUT2D eigenvalue weighted by molar-refractivity contribution is -0.137. The zero-order valence-electron chi connectivity index (χ0n) is 31.5. The molecule has 19 heteroatoms. The number of carbonyl (C=O) groups is 8. The number of benzene rings is 1. The molecule has 298 valence electrons. The van der Waals surface area contributed by atoms with Crippen LogP contribution in [0.4, 0.5) is 4.79 Å². The summed E-state index contributed by atoms with van der Waals surface area (Å²) in [7, 11) is 0. The van der Waals surface area contributed by atoms with Crippen molar-refractivity contribution in [3.8, 4) is 0 Å². The van der Waals surface area contributed by atoms with Gasteiger partial charge < -0.3 is 36.4 Å². The second-order valence-corrected chi connectivity index (χ2v) is 15.6. The van der Waals surface area contributed by atoms with E-state index in [1.807, 2.05) is 50.4 Å². The summed E-state index contributed by atoms with van der Waals surface area (Å²) in [5, 5.41) is 18.0. The molecular weight excluding hydrogens is 751 g/mol. The highest BCUT2D eigenvalue weighted by atomic mass is 32.2. The Morgan fingerprint density at radius 2 is 1.60 bits per heavy atom. The number of hydrogen-bond acceptors (Lipinski definition) is 11. The standard InChI is InChI=1S/C36H49N9O8S2/c1-6-24-32(50)40-25(12-13-54-5)33(51)38-23(14-22-10-8-7-9-11-22)15-44(29(48)18-45-17-28(47)43-36(45)53)16-27(46)42-30(20(2)3)35-41-26(19-55-35)34(52)37-21(4)31(49)39-24/h7-11,19-21,23-25,30H,6,12-18H2,1-5H3,(H,37,52)(H,38,51)(H,39,49)(H,40,50)(H,42,46)(H,43,47,53)/t21-,23+,24+,25+,30+/m1/s1. The van der Waals surface area contributed by atoms with Gasteiger partial charge in [-0.3, -0.25) is 38.9 Å². The number of thioether (sulfide) groups is 1. The predicted octanol–water partition coefficient (Wildman–Crippen LogP) is 0.329. The van der Waals surface area contributed by atoms with Crippen molar-refractivity contribution in [1.29, 1.82) is 0 Å². The number of urea groups is 1. The van der Waals surface area contributed by atoms with Crippen LogP contribution >= 0.6 is 23.1 Å². The summed E-state index contributed by atoms with van der Waals surface area (Å²) in [6, 6.07) is 3.88. The first-order valence-corrected chi connectivity index (χ1v) is 20.3. The Hall–Kier alpha value is -5.04. The van der Waals surface area contributed by atoms with Crippen molar-refractivity contribution < 1.29 is 38.4 Å². The summed E-state index contributed by atoms with van der Waals surface area (Å²) in [5.74, 6) is -3.90. The molecule has 1 aromatic carbocycles.